The fourth-order valence-electron chi connectivity index (χ4n) is 0.686. The Morgan fingerprint density at radius 2 is 2.50 bits per heavy atom. The second kappa shape index (κ2) is 2.44. The van der Waals surface area contributed by atoms with E-state index in [1.807, 2.05) is 0 Å². The molecule has 1 heterocycles. The fraction of sp³-hybridized carbons (Fsp3) is 0.429. The van der Waals surface area contributed by atoms with Gasteiger partial charge in [0.05, 0.1) is 6.26 Å². The third-order valence-electron chi connectivity index (χ3n) is 1.45. The van der Waals surface area contributed by atoms with E-state index in [4.69, 9.17) is 10.2 Å². The van der Waals surface area contributed by atoms with Crippen LogP contribution in [0, 0.1) is 0 Å². The molecular formula is C7H11NO2. The molecule has 3 N–H and O–H groups in total. The number of hydrogen-bond acceptors (Lipinski definition) is 3. The molecule has 0 saturated heterocycles. The van der Waals surface area contributed by atoms with Gasteiger partial charge in [0.2, 0.25) is 0 Å². The van der Waals surface area contributed by atoms with Crippen LogP contribution in [0.15, 0.2) is 22.8 Å². The van der Waals surface area contributed by atoms with Crippen LogP contribution in [0.3, 0.4) is 0 Å². The van der Waals surface area contributed by atoms with E-state index in [9.17, 15) is 5.11 Å². The summed E-state index contributed by atoms with van der Waals surface area (Å²) < 4.78 is 4.96. The summed E-state index contributed by atoms with van der Waals surface area (Å²) >= 11 is 0. The van der Waals surface area contributed by atoms with E-state index in [1.54, 1.807) is 19.1 Å². The molecule has 10 heavy (non-hydrogen) atoms. The first-order valence-electron chi connectivity index (χ1n) is 3.13. The summed E-state index contributed by atoms with van der Waals surface area (Å²) in [4.78, 5) is 0. The van der Waals surface area contributed by atoms with Crippen molar-refractivity contribution in [2.24, 2.45) is 5.73 Å². The normalized spacial score (nSPS) is 16.7. The first kappa shape index (κ1) is 7.31. The third-order valence-corrected chi connectivity index (χ3v) is 1.45. The molecule has 0 bridgehead atoms. The molecule has 0 fully saturated rings. The molecule has 0 aliphatic heterocycles. The highest BCUT2D eigenvalue weighted by Crippen LogP contribution is 2.18. The van der Waals surface area contributed by atoms with Gasteiger partial charge in [-0.3, -0.25) is 0 Å². The molecule has 0 spiro atoms. The Kier molecular flexibility index (Phi) is 1.78. The molecular weight excluding hydrogens is 130 g/mol. The minimum absolute atomic E-state index is 0.167. The van der Waals surface area contributed by atoms with E-state index in [0.717, 1.165) is 0 Å². The van der Waals surface area contributed by atoms with Gasteiger partial charge in [0, 0.05) is 6.54 Å². The lowest BCUT2D eigenvalue weighted by Crippen LogP contribution is -2.30. The Labute approximate surface area is 59.5 Å². The van der Waals surface area contributed by atoms with Crippen molar-refractivity contribution in [3.05, 3.63) is 24.2 Å². The number of furan rings is 1. The average Bonchev–Trinajstić information content (AvgIpc) is 2.38. The highest BCUT2D eigenvalue weighted by molar-refractivity contribution is 5.07. The van der Waals surface area contributed by atoms with Crippen molar-refractivity contribution < 1.29 is 9.52 Å². The zero-order valence-electron chi connectivity index (χ0n) is 5.87. The maximum atomic E-state index is 9.46. The van der Waals surface area contributed by atoms with Crippen LogP contribution in [0.2, 0.25) is 0 Å². The van der Waals surface area contributed by atoms with Crippen molar-refractivity contribution in [2.45, 2.75) is 12.5 Å². The lowest BCUT2D eigenvalue weighted by atomic mass is 10.1. The van der Waals surface area contributed by atoms with Crippen LogP contribution in [-0.4, -0.2) is 11.7 Å². The largest absolute Gasteiger partial charge is 0.466 e. The van der Waals surface area contributed by atoms with Crippen LogP contribution in [-0.2, 0) is 5.60 Å². The van der Waals surface area contributed by atoms with Gasteiger partial charge in [0.25, 0.3) is 0 Å². The van der Waals surface area contributed by atoms with E-state index >= 15 is 0 Å². The molecule has 0 aromatic carbocycles. The van der Waals surface area contributed by atoms with Crippen LogP contribution in [0.1, 0.15) is 12.7 Å². The van der Waals surface area contributed by atoms with Crippen LogP contribution < -0.4 is 5.73 Å². The van der Waals surface area contributed by atoms with Crippen molar-refractivity contribution in [1.29, 1.82) is 0 Å². The summed E-state index contributed by atoms with van der Waals surface area (Å²) in [5, 5.41) is 9.46. The average molecular weight is 141 g/mol. The Bertz CT molecular complexity index is 191. The molecule has 1 unspecified atom stereocenters. The molecule has 1 rings (SSSR count). The molecule has 3 nitrogen and oxygen atoms in total. The molecule has 1 aromatic heterocycles. The fourth-order valence-corrected chi connectivity index (χ4v) is 0.686. The standard InChI is InChI=1S/C7H11NO2/c1-7(9,5-8)6-3-2-4-10-6/h2-4,9H,5,8H2,1H3. The van der Waals surface area contributed by atoms with E-state index in [0.29, 0.717) is 5.76 Å². The van der Waals surface area contributed by atoms with Crippen molar-refractivity contribution in [3.63, 3.8) is 0 Å². The molecule has 3 heteroatoms. The maximum absolute atomic E-state index is 9.46. The summed E-state index contributed by atoms with van der Waals surface area (Å²) in [6, 6.07) is 3.42. The first-order valence-corrected chi connectivity index (χ1v) is 3.13. The number of aliphatic hydroxyl groups is 1. The van der Waals surface area contributed by atoms with Gasteiger partial charge in [0.15, 0.2) is 0 Å². The molecule has 0 radical (unpaired) electrons. The third kappa shape index (κ3) is 1.20. The van der Waals surface area contributed by atoms with Crippen LogP contribution in [0.5, 0.6) is 0 Å². The molecule has 0 amide bonds. The summed E-state index contributed by atoms with van der Waals surface area (Å²) in [7, 11) is 0. The van der Waals surface area contributed by atoms with Crippen molar-refractivity contribution >= 4 is 0 Å². The number of rotatable bonds is 2. The lowest BCUT2D eigenvalue weighted by molar-refractivity contribution is 0.0433. The van der Waals surface area contributed by atoms with Gasteiger partial charge >= 0.3 is 0 Å². The van der Waals surface area contributed by atoms with Crippen molar-refractivity contribution in [2.75, 3.05) is 6.54 Å². The zero-order valence-corrected chi connectivity index (χ0v) is 5.87. The van der Waals surface area contributed by atoms with E-state index < -0.39 is 5.60 Å². The molecule has 1 aromatic rings. The number of hydrogen-bond donors (Lipinski definition) is 2. The van der Waals surface area contributed by atoms with Gasteiger partial charge in [-0.15, -0.1) is 0 Å². The van der Waals surface area contributed by atoms with Crippen LogP contribution >= 0.6 is 0 Å². The van der Waals surface area contributed by atoms with Gasteiger partial charge in [-0.05, 0) is 19.1 Å². The smallest absolute Gasteiger partial charge is 0.136 e. The Morgan fingerprint density at radius 1 is 1.80 bits per heavy atom. The van der Waals surface area contributed by atoms with Crippen LogP contribution in [0.25, 0.3) is 0 Å². The molecule has 1 atom stereocenters. The summed E-state index contributed by atoms with van der Waals surface area (Å²) in [5.74, 6) is 0.509. The summed E-state index contributed by atoms with van der Waals surface area (Å²) in [6.07, 6.45) is 1.51. The van der Waals surface area contributed by atoms with E-state index in [2.05, 4.69) is 0 Å². The van der Waals surface area contributed by atoms with Crippen LogP contribution in [0.4, 0.5) is 0 Å². The Morgan fingerprint density at radius 3 is 2.90 bits per heavy atom. The van der Waals surface area contributed by atoms with E-state index in [-0.39, 0.29) is 6.54 Å². The topological polar surface area (TPSA) is 59.4 Å². The van der Waals surface area contributed by atoms with Gasteiger partial charge in [-0.25, -0.2) is 0 Å². The van der Waals surface area contributed by atoms with Gasteiger partial charge < -0.3 is 15.3 Å². The molecule has 0 aliphatic rings. The SMILES string of the molecule is CC(O)(CN)c1ccco1. The zero-order chi connectivity index (χ0) is 7.61. The molecule has 0 aliphatic carbocycles. The summed E-state index contributed by atoms with van der Waals surface area (Å²) in [6.45, 7) is 1.78. The van der Waals surface area contributed by atoms with Gasteiger partial charge in [-0.2, -0.15) is 0 Å². The van der Waals surface area contributed by atoms with Crippen molar-refractivity contribution in [3.8, 4) is 0 Å². The summed E-state index contributed by atoms with van der Waals surface area (Å²) in [5.41, 5.74) is 4.26. The Hall–Kier alpha value is -0.800. The monoisotopic (exact) mass is 141 g/mol. The first-order chi connectivity index (χ1) is 4.67. The quantitative estimate of drug-likeness (QED) is 0.628. The Balaban J connectivity index is 2.85. The predicted molar refractivity (Wildman–Crippen MR) is 37.3 cm³/mol. The highest BCUT2D eigenvalue weighted by atomic mass is 16.4. The molecule has 56 valence electrons. The minimum atomic E-state index is -1.02. The highest BCUT2D eigenvalue weighted by Gasteiger charge is 2.23. The second-order valence-electron chi connectivity index (χ2n) is 2.46. The van der Waals surface area contributed by atoms with E-state index in [1.165, 1.54) is 6.26 Å². The van der Waals surface area contributed by atoms with Crippen molar-refractivity contribution in [1.82, 2.24) is 0 Å². The number of nitrogens with two attached hydrogens (primary N) is 1. The molecule has 0 saturated carbocycles. The second-order valence-corrected chi connectivity index (χ2v) is 2.46. The van der Waals surface area contributed by atoms with Gasteiger partial charge in [0.1, 0.15) is 11.4 Å². The van der Waals surface area contributed by atoms with Gasteiger partial charge in [-0.1, -0.05) is 0 Å². The predicted octanol–water partition coefficient (Wildman–Crippen LogP) is 0.446. The maximum Gasteiger partial charge on any atom is 0.136 e. The minimum Gasteiger partial charge on any atom is -0.466 e. The lowest BCUT2D eigenvalue weighted by Gasteiger charge is -2.17.